The number of ether oxygens (including phenoxy) is 1. The monoisotopic (exact) mass is 280 g/mol. The average molecular weight is 280 g/mol. The fourth-order valence-corrected chi connectivity index (χ4v) is 3.28. The number of nitrogens with one attached hydrogen (secondary N) is 1. The van der Waals surface area contributed by atoms with Crippen LogP contribution in [0, 0.1) is 0 Å². The predicted octanol–water partition coefficient (Wildman–Crippen LogP) is 1.06. The van der Waals surface area contributed by atoms with Crippen LogP contribution in [0.15, 0.2) is 0 Å². The lowest BCUT2D eigenvalue weighted by Gasteiger charge is -2.29. The Hall–Kier alpha value is -0.170. The Morgan fingerprint density at radius 3 is 2.11 bits per heavy atom. The van der Waals surface area contributed by atoms with Crippen molar-refractivity contribution in [2.45, 2.75) is 52.0 Å². The van der Waals surface area contributed by atoms with Gasteiger partial charge in [-0.3, -0.25) is 0 Å². The summed E-state index contributed by atoms with van der Waals surface area (Å²) in [6.45, 7) is 10.8. The molecule has 18 heavy (non-hydrogen) atoms. The van der Waals surface area contributed by atoms with E-state index in [4.69, 9.17) is 4.74 Å². The first-order chi connectivity index (χ1) is 8.23. The van der Waals surface area contributed by atoms with Crippen LogP contribution in [0.4, 0.5) is 0 Å². The van der Waals surface area contributed by atoms with Gasteiger partial charge in [0.05, 0.1) is 11.9 Å². The smallest absolute Gasteiger partial charge is 0.218 e. The van der Waals surface area contributed by atoms with Crippen molar-refractivity contribution in [1.29, 1.82) is 0 Å². The summed E-state index contributed by atoms with van der Waals surface area (Å²) in [5, 5.41) is 2.73. The fraction of sp³-hybridized carbons (Fsp3) is 1.00. The molecular weight excluding hydrogens is 252 g/mol. The molecule has 1 unspecified atom stereocenters. The summed E-state index contributed by atoms with van der Waals surface area (Å²) in [6, 6.07) is 0.237. The third kappa shape index (κ3) is 5.65. The van der Waals surface area contributed by atoms with E-state index in [2.05, 4.69) is 5.32 Å². The third-order valence-corrected chi connectivity index (χ3v) is 5.18. The molecule has 0 rings (SSSR count). The van der Waals surface area contributed by atoms with E-state index in [0.29, 0.717) is 19.7 Å². The van der Waals surface area contributed by atoms with Gasteiger partial charge in [-0.1, -0.05) is 13.8 Å². The molecule has 0 fully saturated rings. The van der Waals surface area contributed by atoms with Gasteiger partial charge in [0.2, 0.25) is 10.0 Å². The minimum atomic E-state index is -3.28. The number of rotatable bonds is 9. The Morgan fingerprint density at radius 1 is 1.17 bits per heavy atom. The molecule has 0 radical (unpaired) electrons. The van der Waals surface area contributed by atoms with Crippen molar-refractivity contribution in [3.63, 3.8) is 0 Å². The van der Waals surface area contributed by atoms with Gasteiger partial charge in [-0.2, -0.15) is 4.31 Å². The Labute approximate surface area is 112 Å². The molecule has 110 valence electrons. The van der Waals surface area contributed by atoms with Crippen LogP contribution >= 0.6 is 0 Å². The first-order valence-corrected chi connectivity index (χ1v) is 7.96. The molecule has 0 heterocycles. The lowest BCUT2D eigenvalue weighted by Crippen LogP contribution is -2.47. The van der Waals surface area contributed by atoms with Crippen LogP contribution in [-0.4, -0.2) is 56.9 Å². The molecule has 0 bridgehead atoms. The molecule has 0 aromatic carbocycles. The first-order valence-electron chi connectivity index (χ1n) is 6.46. The summed E-state index contributed by atoms with van der Waals surface area (Å²) < 4.78 is 31.3. The summed E-state index contributed by atoms with van der Waals surface area (Å²) in [4.78, 5) is 0. The zero-order valence-electron chi connectivity index (χ0n) is 12.4. The molecule has 0 spiro atoms. The Kier molecular flexibility index (Phi) is 8.02. The fourth-order valence-electron chi connectivity index (χ4n) is 1.60. The second kappa shape index (κ2) is 8.09. The van der Waals surface area contributed by atoms with Crippen molar-refractivity contribution in [3.8, 4) is 0 Å². The van der Waals surface area contributed by atoms with Crippen molar-refractivity contribution in [2.75, 3.05) is 26.8 Å². The minimum Gasteiger partial charge on any atom is -0.383 e. The van der Waals surface area contributed by atoms with Gasteiger partial charge in [0, 0.05) is 32.3 Å². The SMILES string of the molecule is COCCN(C(C)C)S(=O)(=O)C(C)CNC(C)C. The molecule has 0 saturated carbocycles. The van der Waals surface area contributed by atoms with Crippen LogP contribution in [0.2, 0.25) is 0 Å². The van der Waals surface area contributed by atoms with E-state index in [1.807, 2.05) is 27.7 Å². The Balaban J connectivity index is 4.72. The molecule has 0 aliphatic rings. The maximum atomic E-state index is 12.4. The molecule has 6 heteroatoms. The highest BCUT2D eigenvalue weighted by molar-refractivity contribution is 7.89. The van der Waals surface area contributed by atoms with Crippen LogP contribution in [0.1, 0.15) is 34.6 Å². The van der Waals surface area contributed by atoms with Crippen molar-refractivity contribution >= 4 is 10.0 Å². The van der Waals surface area contributed by atoms with Crippen molar-refractivity contribution in [3.05, 3.63) is 0 Å². The molecule has 5 nitrogen and oxygen atoms in total. The standard InChI is InChI=1S/C12H28N2O3S/c1-10(2)13-9-12(5)18(15,16)14(11(3)4)7-8-17-6/h10-13H,7-9H2,1-6H3. The van der Waals surface area contributed by atoms with Crippen LogP contribution < -0.4 is 5.32 Å². The zero-order valence-corrected chi connectivity index (χ0v) is 13.3. The lowest BCUT2D eigenvalue weighted by molar-refractivity contribution is 0.170. The Morgan fingerprint density at radius 2 is 1.72 bits per heavy atom. The van der Waals surface area contributed by atoms with Gasteiger partial charge in [0.25, 0.3) is 0 Å². The normalized spacial score (nSPS) is 14.7. The van der Waals surface area contributed by atoms with Gasteiger partial charge in [-0.25, -0.2) is 8.42 Å². The zero-order chi connectivity index (χ0) is 14.3. The van der Waals surface area contributed by atoms with Gasteiger partial charge in [0.15, 0.2) is 0 Å². The third-order valence-electron chi connectivity index (χ3n) is 2.74. The average Bonchev–Trinajstić information content (AvgIpc) is 2.25. The summed E-state index contributed by atoms with van der Waals surface area (Å²) in [6.07, 6.45) is 0. The maximum Gasteiger partial charge on any atom is 0.218 e. The molecule has 1 atom stereocenters. The quantitative estimate of drug-likeness (QED) is 0.686. The Bertz CT molecular complexity index is 315. The molecule has 0 amide bonds. The second-order valence-electron chi connectivity index (χ2n) is 5.12. The number of nitrogens with zero attached hydrogens (tertiary/aromatic N) is 1. The largest absolute Gasteiger partial charge is 0.383 e. The van der Waals surface area contributed by atoms with Crippen molar-refractivity contribution in [1.82, 2.24) is 9.62 Å². The van der Waals surface area contributed by atoms with Crippen LogP contribution in [0.25, 0.3) is 0 Å². The van der Waals surface area contributed by atoms with E-state index in [0.717, 1.165) is 0 Å². The molecule has 0 aromatic rings. The number of hydrogen-bond donors (Lipinski definition) is 1. The highest BCUT2D eigenvalue weighted by Gasteiger charge is 2.30. The van der Waals surface area contributed by atoms with Gasteiger partial charge in [0.1, 0.15) is 0 Å². The maximum absolute atomic E-state index is 12.4. The van der Waals surface area contributed by atoms with Crippen molar-refractivity contribution in [2.24, 2.45) is 0 Å². The summed E-state index contributed by atoms with van der Waals surface area (Å²) in [5.41, 5.74) is 0. The van der Waals surface area contributed by atoms with Gasteiger partial charge < -0.3 is 10.1 Å². The lowest BCUT2D eigenvalue weighted by atomic mass is 10.3. The molecule has 1 N–H and O–H groups in total. The van der Waals surface area contributed by atoms with E-state index < -0.39 is 15.3 Å². The predicted molar refractivity (Wildman–Crippen MR) is 75.2 cm³/mol. The van der Waals surface area contributed by atoms with Crippen LogP contribution in [0.5, 0.6) is 0 Å². The van der Waals surface area contributed by atoms with E-state index >= 15 is 0 Å². The molecular formula is C12H28N2O3S. The van der Waals surface area contributed by atoms with Gasteiger partial charge in [-0.05, 0) is 20.8 Å². The minimum absolute atomic E-state index is 0.0494. The topological polar surface area (TPSA) is 58.6 Å². The van der Waals surface area contributed by atoms with E-state index in [1.54, 1.807) is 14.0 Å². The number of hydrogen-bond acceptors (Lipinski definition) is 4. The number of sulfonamides is 1. The highest BCUT2D eigenvalue weighted by atomic mass is 32.2. The molecule has 0 aliphatic carbocycles. The van der Waals surface area contributed by atoms with Crippen molar-refractivity contribution < 1.29 is 13.2 Å². The highest BCUT2D eigenvalue weighted by Crippen LogP contribution is 2.12. The van der Waals surface area contributed by atoms with E-state index in [9.17, 15) is 8.42 Å². The van der Waals surface area contributed by atoms with Crippen LogP contribution in [-0.2, 0) is 14.8 Å². The number of methoxy groups -OCH3 is 1. The van der Waals surface area contributed by atoms with Gasteiger partial charge >= 0.3 is 0 Å². The first kappa shape index (κ1) is 17.8. The molecule has 0 saturated heterocycles. The van der Waals surface area contributed by atoms with E-state index in [-0.39, 0.29) is 12.1 Å². The summed E-state index contributed by atoms with van der Waals surface area (Å²) >= 11 is 0. The summed E-state index contributed by atoms with van der Waals surface area (Å²) in [7, 11) is -1.70. The second-order valence-corrected chi connectivity index (χ2v) is 7.42. The van der Waals surface area contributed by atoms with E-state index in [1.165, 1.54) is 4.31 Å². The molecule has 0 aliphatic heterocycles. The van der Waals surface area contributed by atoms with Gasteiger partial charge in [-0.15, -0.1) is 0 Å². The summed E-state index contributed by atoms with van der Waals surface area (Å²) in [5.74, 6) is 0. The molecule has 0 aromatic heterocycles. The van der Waals surface area contributed by atoms with Crippen LogP contribution in [0.3, 0.4) is 0 Å².